The van der Waals surface area contributed by atoms with Crippen molar-refractivity contribution in [2.45, 2.75) is 4.90 Å². The minimum atomic E-state index is -3.69. The molecule has 26 heavy (non-hydrogen) atoms. The predicted molar refractivity (Wildman–Crippen MR) is 104 cm³/mol. The molecule has 134 valence electrons. The summed E-state index contributed by atoms with van der Waals surface area (Å²) in [6, 6.07) is 17.4. The largest absolute Gasteiger partial charge is 0.423 e. The van der Waals surface area contributed by atoms with Crippen molar-refractivity contribution >= 4 is 42.7 Å². The van der Waals surface area contributed by atoms with Crippen molar-refractivity contribution in [3.8, 4) is 5.75 Å². The number of sulfonamides is 1. The van der Waals surface area contributed by atoms with E-state index in [-0.39, 0.29) is 10.5 Å². The summed E-state index contributed by atoms with van der Waals surface area (Å²) in [5.41, 5.74) is 0.154. The van der Waals surface area contributed by atoms with Crippen LogP contribution in [0.3, 0.4) is 0 Å². The van der Waals surface area contributed by atoms with Gasteiger partial charge in [0.25, 0.3) is 0 Å². The Kier molecular flexibility index (Phi) is 5.13. The molecule has 0 radical (unpaired) electrons. The van der Waals surface area contributed by atoms with E-state index in [1.165, 1.54) is 32.3 Å². The average molecular weight is 434 g/mol. The van der Waals surface area contributed by atoms with Crippen LogP contribution >= 0.6 is 15.9 Å². The Hall–Kier alpha value is -2.22. The van der Waals surface area contributed by atoms with Crippen molar-refractivity contribution in [2.75, 3.05) is 14.1 Å². The molecular weight excluding hydrogens is 418 g/mol. The molecule has 0 N–H and O–H groups in total. The zero-order valence-corrected chi connectivity index (χ0v) is 16.5. The van der Waals surface area contributed by atoms with E-state index < -0.39 is 16.0 Å². The minimum absolute atomic E-state index is 0.00969. The first kappa shape index (κ1) is 18.6. The van der Waals surface area contributed by atoms with E-state index in [9.17, 15) is 13.2 Å². The van der Waals surface area contributed by atoms with Gasteiger partial charge in [-0.25, -0.2) is 17.5 Å². The number of esters is 1. The third kappa shape index (κ3) is 3.65. The number of rotatable bonds is 4. The van der Waals surface area contributed by atoms with Crippen LogP contribution in [-0.2, 0) is 10.0 Å². The molecule has 0 spiro atoms. The fourth-order valence-electron chi connectivity index (χ4n) is 2.42. The summed E-state index contributed by atoms with van der Waals surface area (Å²) < 4.78 is 31.6. The minimum Gasteiger partial charge on any atom is -0.423 e. The van der Waals surface area contributed by atoms with Crippen LogP contribution in [0.5, 0.6) is 5.75 Å². The normalized spacial score (nSPS) is 11.7. The number of hydrogen-bond acceptors (Lipinski definition) is 4. The quantitative estimate of drug-likeness (QED) is 0.459. The van der Waals surface area contributed by atoms with E-state index >= 15 is 0 Å². The summed E-state index contributed by atoms with van der Waals surface area (Å²) in [5.74, 6) is -0.225. The number of nitrogens with zero attached hydrogens (tertiary/aromatic N) is 1. The Morgan fingerprint density at radius 3 is 2.35 bits per heavy atom. The van der Waals surface area contributed by atoms with E-state index in [4.69, 9.17) is 4.74 Å². The Labute approximate surface area is 160 Å². The van der Waals surface area contributed by atoms with Gasteiger partial charge in [0.15, 0.2) is 0 Å². The fourth-order valence-corrected chi connectivity index (χ4v) is 4.27. The molecule has 5 nitrogen and oxygen atoms in total. The highest BCUT2D eigenvalue weighted by Gasteiger charge is 2.22. The number of hydrogen-bond donors (Lipinski definition) is 0. The summed E-state index contributed by atoms with van der Waals surface area (Å²) in [6.45, 7) is 0. The van der Waals surface area contributed by atoms with Gasteiger partial charge in [-0.2, -0.15) is 0 Å². The molecule has 0 amide bonds. The summed E-state index contributed by atoms with van der Waals surface area (Å²) in [6.07, 6.45) is 0. The van der Waals surface area contributed by atoms with Gasteiger partial charge in [-0.05, 0) is 57.0 Å². The zero-order valence-electron chi connectivity index (χ0n) is 14.1. The van der Waals surface area contributed by atoms with Gasteiger partial charge in [0, 0.05) is 18.6 Å². The van der Waals surface area contributed by atoms with Gasteiger partial charge in [0.1, 0.15) is 5.75 Å². The highest BCUT2D eigenvalue weighted by Crippen LogP contribution is 2.26. The zero-order chi connectivity index (χ0) is 18.9. The lowest BCUT2D eigenvalue weighted by atomic mass is 10.1. The molecule has 0 aromatic heterocycles. The van der Waals surface area contributed by atoms with E-state index in [1.54, 1.807) is 12.1 Å². The van der Waals surface area contributed by atoms with Crippen LogP contribution < -0.4 is 4.74 Å². The smallest absolute Gasteiger partial charge is 0.343 e. The first-order chi connectivity index (χ1) is 12.3. The summed E-state index contributed by atoms with van der Waals surface area (Å²) >= 11 is 3.22. The third-order valence-electron chi connectivity index (χ3n) is 3.86. The van der Waals surface area contributed by atoms with Crippen molar-refractivity contribution in [3.63, 3.8) is 0 Å². The number of halogens is 1. The standard InChI is InChI=1S/C19H16BrNO4S/c1-21(2)26(23,24)18-12-15(8-10-17(18)20)19(22)25-16-9-7-13-5-3-4-6-14(13)11-16/h3-12H,1-2H3. The molecule has 0 heterocycles. The number of ether oxygens (including phenoxy) is 1. The lowest BCUT2D eigenvalue weighted by Gasteiger charge is -2.14. The molecule has 0 unspecified atom stereocenters. The molecule has 3 aromatic rings. The first-order valence-corrected chi connectivity index (χ1v) is 9.95. The molecule has 0 saturated heterocycles. The Morgan fingerprint density at radius 2 is 1.65 bits per heavy atom. The van der Waals surface area contributed by atoms with Crippen molar-refractivity contribution in [1.29, 1.82) is 0 Å². The molecule has 0 aliphatic carbocycles. The monoisotopic (exact) mass is 433 g/mol. The fraction of sp³-hybridized carbons (Fsp3) is 0.105. The molecule has 3 aromatic carbocycles. The van der Waals surface area contributed by atoms with Gasteiger partial charge in [0.05, 0.1) is 10.5 Å². The molecule has 7 heteroatoms. The summed E-state index contributed by atoms with van der Waals surface area (Å²) in [5, 5.41) is 1.99. The van der Waals surface area contributed by atoms with Crippen LogP contribution in [0, 0.1) is 0 Å². The second-order valence-corrected chi connectivity index (χ2v) is 8.81. The van der Waals surface area contributed by atoms with Gasteiger partial charge in [-0.1, -0.05) is 30.3 Å². The molecule has 0 aliphatic heterocycles. The highest BCUT2D eigenvalue weighted by atomic mass is 79.9. The van der Waals surface area contributed by atoms with Crippen LogP contribution in [0.25, 0.3) is 10.8 Å². The SMILES string of the molecule is CN(C)S(=O)(=O)c1cc(C(=O)Oc2ccc3ccccc3c2)ccc1Br. The van der Waals surface area contributed by atoms with Crippen molar-refractivity contribution in [1.82, 2.24) is 4.31 Å². The molecule has 0 aliphatic rings. The van der Waals surface area contributed by atoms with Gasteiger partial charge in [0.2, 0.25) is 10.0 Å². The highest BCUT2D eigenvalue weighted by molar-refractivity contribution is 9.10. The van der Waals surface area contributed by atoms with Crippen molar-refractivity contribution in [3.05, 3.63) is 70.7 Å². The van der Waals surface area contributed by atoms with Crippen molar-refractivity contribution < 1.29 is 17.9 Å². The molecule has 0 fully saturated rings. The number of carbonyl (C=O) groups is 1. The van der Waals surface area contributed by atoms with E-state index in [2.05, 4.69) is 15.9 Å². The number of fused-ring (bicyclic) bond motifs is 1. The lowest BCUT2D eigenvalue weighted by Crippen LogP contribution is -2.23. The van der Waals surface area contributed by atoms with Gasteiger partial charge < -0.3 is 4.74 Å². The topological polar surface area (TPSA) is 63.7 Å². The lowest BCUT2D eigenvalue weighted by molar-refractivity contribution is 0.0734. The van der Waals surface area contributed by atoms with Crippen molar-refractivity contribution in [2.24, 2.45) is 0 Å². The average Bonchev–Trinajstić information content (AvgIpc) is 2.61. The maximum absolute atomic E-state index is 12.5. The van der Waals surface area contributed by atoms with E-state index in [0.29, 0.717) is 10.2 Å². The second-order valence-electron chi connectivity index (χ2n) is 5.83. The van der Waals surface area contributed by atoms with Crippen LogP contribution in [0.15, 0.2) is 70.0 Å². The van der Waals surface area contributed by atoms with Crippen LogP contribution in [0.1, 0.15) is 10.4 Å². The Morgan fingerprint density at radius 1 is 0.962 bits per heavy atom. The molecule has 0 saturated carbocycles. The maximum Gasteiger partial charge on any atom is 0.343 e. The van der Waals surface area contributed by atoms with E-state index in [0.717, 1.165) is 15.1 Å². The molecule has 3 rings (SSSR count). The summed E-state index contributed by atoms with van der Waals surface area (Å²) in [7, 11) is -0.822. The predicted octanol–water partition coefficient (Wildman–Crippen LogP) is 4.07. The molecular formula is C19H16BrNO4S. The third-order valence-corrected chi connectivity index (χ3v) is 6.67. The Bertz CT molecular complexity index is 1090. The Balaban J connectivity index is 1.92. The summed E-state index contributed by atoms with van der Waals surface area (Å²) in [4.78, 5) is 12.5. The number of carbonyl (C=O) groups excluding carboxylic acids is 1. The van der Waals surface area contributed by atoms with E-state index in [1.807, 2.05) is 30.3 Å². The van der Waals surface area contributed by atoms with Crippen LogP contribution in [0.4, 0.5) is 0 Å². The molecule has 0 bridgehead atoms. The second kappa shape index (κ2) is 7.19. The first-order valence-electron chi connectivity index (χ1n) is 7.72. The van der Waals surface area contributed by atoms with Crippen LogP contribution in [0.2, 0.25) is 0 Å². The van der Waals surface area contributed by atoms with Gasteiger partial charge >= 0.3 is 5.97 Å². The van der Waals surface area contributed by atoms with Crippen LogP contribution in [-0.4, -0.2) is 32.8 Å². The molecule has 0 atom stereocenters. The van der Waals surface area contributed by atoms with Gasteiger partial charge in [-0.15, -0.1) is 0 Å². The van der Waals surface area contributed by atoms with Gasteiger partial charge in [-0.3, -0.25) is 0 Å². The number of benzene rings is 3. The maximum atomic E-state index is 12.5.